The lowest BCUT2D eigenvalue weighted by molar-refractivity contribution is -0.129. The van der Waals surface area contributed by atoms with Gasteiger partial charge in [-0.15, -0.1) is 0 Å². The van der Waals surface area contributed by atoms with E-state index in [1.165, 1.54) is 9.63 Å². The molecule has 0 unspecified atom stereocenters. The molecule has 0 aliphatic heterocycles. The predicted octanol–water partition coefficient (Wildman–Crippen LogP) is 3.59. The number of carbonyl (C=O) groups excluding carboxylic acids is 2. The van der Waals surface area contributed by atoms with Gasteiger partial charge in [0.25, 0.3) is 0 Å². The summed E-state index contributed by atoms with van der Waals surface area (Å²) in [4.78, 5) is 30.7. The van der Waals surface area contributed by atoms with Crippen molar-refractivity contribution >= 4 is 24.2 Å². The molecule has 0 spiro atoms. The average molecular weight is 310 g/mol. The highest BCUT2D eigenvalue weighted by molar-refractivity contribution is 7.71. The highest BCUT2D eigenvalue weighted by atomic mass is 32.1. The minimum atomic E-state index is -0.674. The van der Waals surface area contributed by atoms with Crippen molar-refractivity contribution in [2.75, 3.05) is 6.54 Å². The van der Waals surface area contributed by atoms with Gasteiger partial charge in [-0.25, -0.2) is 9.69 Å². The number of hydrogen-bond donors (Lipinski definition) is 0. The highest BCUT2D eigenvalue weighted by Gasteiger charge is 2.22. The minimum absolute atomic E-state index is 0.197. The van der Waals surface area contributed by atoms with Gasteiger partial charge in [0, 0.05) is 19.2 Å². The zero-order chi connectivity index (χ0) is 15.7. The summed E-state index contributed by atoms with van der Waals surface area (Å²) in [5.41, 5.74) is 0. The van der Waals surface area contributed by atoms with Gasteiger partial charge < -0.3 is 4.84 Å². The lowest BCUT2D eigenvalue weighted by Crippen LogP contribution is -2.42. The van der Waals surface area contributed by atoms with Crippen molar-refractivity contribution in [2.24, 2.45) is 0 Å². The van der Waals surface area contributed by atoms with Crippen LogP contribution in [0.3, 0.4) is 0 Å². The number of amides is 2. The van der Waals surface area contributed by atoms with Crippen LogP contribution in [-0.2, 0) is 4.79 Å². The summed E-state index contributed by atoms with van der Waals surface area (Å²) in [6.07, 6.45) is 4.56. The first kappa shape index (κ1) is 17.4. The van der Waals surface area contributed by atoms with Crippen LogP contribution in [0, 0.1) is 4.64 Å². The summed E-state index contributed by atoms with van der Waals surface area (Å²) in [5, 5.41) is 0. The second-order valence-corrected chi connectivity index (χ2v) is 5.14. The van der Waals surface area contributed by atoms with E-state index in [0.29, 0.717) is 17.6 Å². The molecule has 0 aromatic carbocycles. The van der Waals surface area contributed by atoms with Crippen molar-refractivity contribution in [3.05, 3.63) is 29.0 Å². The smallest absolute Gasteiger partial charge is 0.316 e. The summed E-state index contributed by atoms with van der Waals surface area (Å²) >= 11 is 5.06. The van der Waals surface area contributed by atoms with Gasteiger partial charge in [0.05, 0.1) is 0 Å². The first-order chi connectivity index (χ1) is 10.1. The predicted molar refractivity (Wildman–Crippen MR) is 83.4 cm³/mol. The summed E-state index contributed by atoms with van der Waals surface area (Å²) in [6.45, 7) is 4.39. The lowest BCUT2D eigenvalue weighted by Gasteiger charge is -2.20. The Balaban J connectivity index is 2.77. The van der Waals surface area contributed by atoms with Gasteiger partial charge in [0.15, 0.2) is 0 Å². The van der Waals surface area contributed by atoms with Crippen LogP contribution in [0.5, 0.6) is 0 Å². The molecule has 0 aliphatic carbocycles. The molecule has 21 heavy (non-hydrogen) atoms. The topological polar surface area (TPSA) is 51.5 Å². The van der Waals surface area contributed by atoms with E-state index in [1.54, 1.807) is 24.4 Å². The second kappa shape index (κ2) is 9.28. The Morgan fingerprint density at radius 2 is 1.95 bits per heavy atom. The van der Waals surface area contributed by atoms with Crippen LogP contribution >= 0.6 is 12.2 Å². The SMILES string of the molecule is CCCCC(=O)N(CCCC)C(=O)On1ccccc1=S. The molecule has 0 N–H and O–H groups in total. The summed E-state index contributed by atoms with van der Waals surface area (Å²) in [7, 11) is 0. The molecule has 5 nitrogen and oxygen atoms in total. The summed E-state index contributed by atoms with van der Waals surface area (Å²) in [5.74, 6) is -0.197. The quantitative estimate of drug-likeness (QED) is 0.722. The Morgan fingerprint density at radius 3 is 2.57 bits per heavy atom. The van der Waals surface area contributed by atoms with E-state index < -0.39 is 6.09 Å². The second-order valence-electron chi connectivity index (χ2n) is 4.72. The Labute approximate surface area is 130 Å². The van der Waals surface area contributed by atoms with Gasteiger partial charge in [-0.2, -0.15) is 4.73 Å². The number of imide groups is 1. The molecule has 0 saturated heterocycles. The maximum Gasteiger partial charge on any atom is 0.441 e. The molecule has 1 heterocycles. The third kappa shape index (κ3) is 5.67. The molecule has 6 heteroatoms. The third-order valence-electron chi connectivity index (χ3n) is 2.97. The minimum Gasteiger partial charge on any atom is -0.316 e. The molecule has 0 radical (unpaired) electrons. The number of nitrogens with zero attached hydrogens (tertiary/aromatic N) is 2. The zero-order valence-electron chi connectivity index (χ0n) is 12.6. The third-order valence-corrected chi connectivity index (χ3v) is 3.28. The van der Waals surface area contributed by atoms with Crippen LogP contribution in [0.25, 0.3) is 0 Å². The van der Waals surface area contributed by atoms with E-state index in [2.05, 4.69) is 0 Å². The Bertz CT molecular complexity index is 528. The number of carbonyl (C=O) groups is 2. The van der Waals surface area contributed by atoms with E-state index in [-0.39, 0.29) is 5.91 Å². The number of rotatable bonds is 7. The normalized spacial score (nSPS) is 10.2. The standard InChI is InChI=1S/C15H22N2O3S/c1-3-5-9-13(18)16(11-6-4-2)15(19)20-17-12-8-7-10-14(17)21/h7-8,10,12H,3-6,9,11H2,1-2H3. The molecule has 0 saturated carbocycles. The first-order valence-electron chi connectivity index (χ1n) is 7.30. The van der Waals surface area contributed by atoms with E-state index in [1.807, 2.05) is 13.8 Å². The molecule has 1 rings (SSSR count). The zero-order valence-corrected chi connectivity index (χ0v) is 13.4. The van der Waals surface area contributed by atoms with Crippen LogP contribution < -0.4 is 4.84 Å². The summed E-state index contributed by atoms with van der Waals surface area (Å²) in [6, 6.07) is 5.12. The molecular weight excluding hydrogens is 288 g/mol. The van der Waals surface area contributed by atoms with Gasteiger partial charge in [-0.05, 0) is 25.0 Å². The molecular formula is C15H22N2O3S. The van der Waals surface area contributed by atoms with Gasteiger partial charge in [-0.1, -0.05) is 45.0 Å². The Kier molecular flexibility index (Phi) is 7.68. The van der Waals surface area contributed by atoms with Gasteiger partial charge in [-0.3, -0.25) is 4.79 Å². The highest BCUT2D eigenvalue weighted by Crippen LogP contribution is 2.05. The number of pyridine rings is 1. The molecule has 1 aromatic heterocycles. The van der Waals surface area contributed by atoms with Crippen molar-refractivity contribution in [1.82, 2.24) is 9.63 Å². The van der Waals surface area contributed by atoms with Gasteiger partial charge >= 0.3 is 6.09 Å². The average Bonchev–Trinajstić information content (AvgIpc) is 2.48. The van der Waals surface area contributed by atoms with Crippen LogP contribution in [0.15, 0.2) is 24.4 Å². The lowest BCUT2D eigenvalue weighted by atomic mass is 10.2. The molecule has 0 bridgehead atoms. The van der Waals surface area contributed by atoms with Crippen molar-refractivity contribution < 1.29 is 14.4 Å². The molecule has 0 atom stereocenters. The van der Waals surface area contributed by atoms with Crippen LogP contribution in [0.4, 0.5) is 4.79 Å². The largest absolute Gasteiger partial charge is 0.441 e. The van der Waals surface area contributed by atoms with Gasteiger partial charge in [0.2, 0.25) is 5.91 Å². The Morgan fingerprint density at radius 1 is 1.24 bits per heavy atom. The van der Waals surface area contributed by atoms with Gasteiger partial charge in [0.1, 0.15) is 4.64 Å². The molecule has 0 aliphatic rings. The van der Waals surface area contributed by atoms with E-state index in [0.717, 1.165) is 25.7 Å². The maximum atomic E-state index is 12.2. The van der Waals surface area contributed by atoms with E-state index >= 15 is 0 Å². The van der Waals surface area contributed by atoms with E-state index in [9.17, 15) is 9.59 Å². The van der Waals surface area contributed by atoms with E-state index in [4.69, 9.17) is 17.1 Å². The number of hydrogen-bond acceptors (Lipinski definition) is 4. The van der Waals surface area contributed by atoms with Crippen LogP contribution in [-0.4, -0.2) is 28.2 Å². The molecule has 1 aromatic rings. The number of unbranched alkanes of at least 4 members (excludes halogenated alkanes) is 2. The maximum absolute atomic E-state index is 12.2. The molecule has 2 amide bonds. The van der Waals surface area contributed by atoms with Crippen molar-refractivity contribution in [1.29, 1.82) is 0 Å². The van der Waals surface area contributed by atoms with Crippen molar-refractivity contribution in [2.45, 2.75) is 46.0 Å². The fraction of sp³-hybridized carbons (Fsp3) is 0.533. The Hall–Kier alpha value is -1.69. The van der Waals surface area contributed by atoms with Crippen LogP contribution in [0.2, 0.25) is 0 Å². The van der Waals surface area contributed by atoms with Crippen molar-refractivity contribution in [3.63, 3.8) is 0 Å². The fourth-order valence-electron chi connectivity index (χ4n) is 1.72. The fourth-order valence-corrected chi connectivity index (χ4v) is 1.90. The van der Waals surface area contributed by atoms with Crippen LogP contribution in [0.1, 0.15) is 46.0 Å². The first-order valence-corrected chi connectivity index (χ1v) is 7.71. The number of aromatic nitrogens is 1. The monoisotopic (exact) mass is 310 g/mol. The van der Waals surface area contributed by atoms with Crippen molar-refractivity contribution in [3.8, 4) is 0 Å². The molecule has 0 fully saturated rings. The summed E-state index contributed by atoms with van der Waals surface area (Å²) < 4.78 is 1.58. The molecule has 116 valence electrons.